The molecule has 0 spiro atoms. The van der Waals surface area contributed by atoms with Gasteiger partial charge in [0, 0.05) is 24.2 Å². The van der Waals surface area contributed by atoms with Crippen LogP contribution in [0.3, 0.4) is 0 Å². The average molecular weight is 634 g/mol. The first kappa shape index (κ1) is 33.0. The van der Waals surface area contributed by atoms with E-state index in [0.717, 1.165) is 44.2 Å². The lowest BCUT2D eigenvalue weighted by atomic mass is 9.37. The second kappa shape index (κ2) is 11.8. The van der Waals surface area contributed by atoms with Crippen molar-refractivity contribution in [1.82, 2.24) is 5.32 Å². The highest BCUT2D eigenvalue weighted by molar-refractivity contribution is 6.00. The van der Waals surface area contributed by atoms with Crippen molar-refractivity contribution >= 4 is 17.5 Å². The zero-order valence-corrected chi connectivity index (χ0v) is 29.8. The van der Waals surface area contributed by atoms with Crippen molar-refractivity contribution in [2.75, 3.05) is 13.1 Å². The summed E-state index contributed by atoms with van der Waals surface area (Å²) < 4.78 is 0. The van der Waals surface area contributed by atoms with Crippen LogP contribution in [0.4, 0.5) is 0 Å². The molecule has 2 N–H and O–H groups in total. The third-order valence-corrected chi connectivity index (χ3v) is 16.4. The summed E-state index contributed by atoms with van der Waals surface area (Å²) in [6.45, 7) is 16.5. The molecule has 0 aromatic heterocycles. The molecule has 6 fully saturated rings. The van der Waals surface area contributed by atoms with Gasteiger partial charge in [-0.1, -0.05) is 47.1 Å². The monoisotopic (exact) mass is 633 g/mol. The summed E-state index contributed by atoms with van der Waals surface area (Å²) in [5.74, 6) is 4.49. The van der Waals surface area contributed by atoms with Crippen LogP contribution < -0.4 is 5.32 Å². The quantitative estimate of drug-likeness (QED) is 0.236. The highest BCUT2D eigenvalue weighted by Crippen LogP contribution is 2.72. The number of fused-ring (bicyclic) bond motifs is 7. The Bertz CT molecular complexity index is 1280. The highest BCUT2D eigenvalue weighted by atomic mass is 16.4. The molecule has 7 aliphatic rings. The van der Waals surface area contributed by atoms with E-state index in [-0.39, 0.29) is 23.2 Å². The molecule has 0 radical (unpaired) electrons. The second-order valence-electron chi connectivity index (χ2n) is 18.8. The Morgan fingerprint density at radius 2 is 1.59 bits per heavy atom. The smallest absolute Gasteiger partial charge is 0.306 e. The molecule has 12 unspecified atom stereocenters. The summed E-state index contributed by atoms with van der Waals surface area (Å²) in [4.78, 5) is 38.7. The summed E-state index contributed by atoms with van der Waals surface area (Å²) in [5.41, 5.74) is 3.60. The van der Waals surface area contributed by atoms with E-state index in [1.807, 2.05) is 6.92 Å². The van der Waals surface area contributed by atoms with Crippen molar-refractivity contribution in [1.29, 1.82) is 0 Å². The van der Waals surface area contributed by atoms with Crippen molar-refractivity contribution < 1.29 is 19.5 Å². The van der Waals surface area contributed by atoms with Crippen LogP contribution in [0.15, 0.2) is 11.1 Å². The maximum absolute atomic E-state index is 13.8. The lowest BCUT2D eigenvalue weighted by molar-refractivity contribution is -0.172. The summed E-state index contributed by atoms with van der Waals surface area (Å²) in [6.07, 6.45) is 15.8. The molecule has 0 amide bonds. The van der Waals surface area contributed by atoms with E-state index in [1.54, 1.807) is 5.57 Å². The van der Waals surface area contributed by atoms with Gasteiger partial charge in [0.1, 0.15) is 5.78 Å². The van der Waals surface area contributed by atoms with Crippen LogP contribution in [0.2, 0.25) is 0 Å². The number of carboxylic acids is 1. The fourth-order valence-corrected chi connectivity index (χ4v) is 13.6. The number of carbonyl (C=O) groups is 3. The zero-order valence-electron chi connectivity index (χ0n) is 29.8. The van der Waals surface area contributed by atoms with Crippen LogP contribution in [-0.4, -0.2) is 35.7 Å². The predicted octanol–water partition coefficient (Wildman–Crippen LogP) is 8.51. The van der Waals surface area contributed by atoms with Gasteiger partial charge in [-0.05, 0) is 160 Å². The molecule has 0 aliphatic heterocycles. The molecule has 0 bridgehead atoms. The number of nitrogens with one attached hydrogen (secondary N) is 1. The largest absolute Gasteiger partial charge is 0.481 e. The van der Waals surface area contributed by atoms with E-state index in [1.165, 1.54) is 63.4 Å². The third-order valence-electron chi connectivity index (χ3n) is 16.4. The summed E-state index contributed by atoms with van der Waals surface area (Å²) >= 11 is 0. The predicted molar refractivity (Wildman–Crippen MR) is 182 cm³/mol. The molecule has 6 saturated carbocycles. The molecule has 46 heavy (non-hydrogen) atoms. The standard InChI is InChI=1S/C41H63NO4/c1-23(2)36-34(44)21-41(17-18-42-22-26-7-8-26)16-13-32-28(37(36)41)9-10-35-39(5)14-11-27(24(3)31(39)12-15-40(32,35)6)19-33(43)29-20-30(25(29)4)38(45)46/h23-32,35,42H,7-22H2,1-6H3,(H,45,46). The summed E-state index contributed by atoms with van der Waals surface area (Å²) in [5, 5.41) is 13.2. The van der Waals surface area contributed by atoms with Crippen LogP contribution in [0, 0.1) is 81.3 Å². The van der Waals surface area contributed by atoms with Gasteiger partial charge in [-0.2, -0.15) is 0 Å². The van der Waals surface area contributed by atoms with E-state index in [9.17, 15) is 19.5 Å². The van der Waals surface area contributed by atoms with Crippen LogP contribution in [0.1, 0.15) is 131 Å². The van der Waals surface area contributed by atoms with Crippen molar-refractivity contribution in [2.45, 2.75) is 131 Å². The number of aliphatic carboxylic acids is 1. The average Bonchev–Trinajstić information content (AvgIpc) is 3.76. The van der Waals surface area contributed by atoms with Gasteiger partial charge in [-0.15, -0.1) is 0 Å². The minimum atomic E-state index is -0.737. The number of hydrogen-bond acceptors (Lipinski definition) is 4. The zero-order chi connectivity index (χ0) is 32.8. The normalized spacial score (nSPS) is 46.7. The second-order valence-corrected chi connectivity index (χ2v) is 18.8. The molecular formula is C41H63NO4. The number of ketones is 2. The highest BCUT2D eigenvalue weighted by Gasteiger charge is 2.64. The molecule has 0 saturated heterocycles. The molecule has 5 nitrogen and oxygen atoms in total. The summed E-state index contributed by atoms with van der Waals surface area (Å²) in [7, 11) is 0. The number of carbonyl (C=O) groups excluding carboxylic acids is 2. The lowest BCUT2D eigenvalue weighted by Crippen LogP contribution is -2.60. The molecule has 0 aromatic rings. The van der Waals surface area contributed by atoms with Crippen LogP contribution in [0.5, 0.6) is 0 Å². The first-order valence-corrected chi connectivity index (χ1v) is 19.5. The van der Waals surface area contributed by atoms with Gasteiger partial charge in [-0.25, -0.2) is 0 Å². The molecule has 256 valence electrons. The van der Waals surface area contributed by atoms with Gasteiger partial charge in [-0.3, -0.25) is 14.4 Å². The maximum Gasteiger partial charge on any atom is 0.306 e. The van der Waals surface area contributed by atoms with Crippen LogP contribution in [-0.2, 0) is 14.4 Å². The number of hydrogen-bond donors (Lipinski definition) is 2. The Hall–Kier alpha value is -1.49. The van der Waals surface area contributed by atoms with Gasteiger partial charge in [0.2, 0.25) is 0 Å². The van der Waals surface area contributed by atoms with E-state index in [4.69, 9.17) is 0 Å². The maximum atomic E-state index is 13.8. The Kier molecular flexibility index (Phi) is 8.50. The molecule has 12 atom stereocenters. The van der Waals surface area contributed by atoms with Crippen LogP contribution >= 0.6 is 0 Å². The van der Waals surface area contributed by atoms with Gasteiger partial charge in [0.25, 0.3) is 0 Å². The van der Waals surface area contributed by atoms with Gasteiger partial charge in [0.15, 0.2) is 5.78 Å². The van der Waals surface area contributed by atoms with E-state index >= 15 is 0 Å². The Morgan fingerprint density at radius 1 is 0.891 bits per heavy atom. The molecule has 7 rings (SSSR count). The molecule has 7 aliphatic carbocycles. The van der Waals surface area contributed by atoms with E-state index in [0.29, 0.717) is 70.7 Å². The number of carboxylic acid groups (broad SMARTS) is 1. The fraction of sp³-hybridized carbons (Fsp3) is 0.878. The Balaban J connectivity index is 1.08. The fourth-order valence-electron chi connectivity index (χ4n) is 13.6. The molecular weight excluding hydrogens is 570 g/mol. The van der Waals surface area contributed by atoms with Gasteiger partial charge >= 0.3 is 5.97 Å². The molecule has 0 aromatic carbocycles. The SMILES string of the molecule is CC(C)C1=C2C3CCC4C(C)(CCC5C(C)C(CC(=O)C6CC(C(=O)O)C6C)CCC54C)C3CCC2(CCNCC2CC2)CC1=O. The third kappa shape index (κ3) is 5.13. The van der Waals surface area contributed by atoms with Gasteiger partial charge < -0.3 is 10.4 Å². The molecule has 0 heterocycles. The van der Waals surface area contributed by atoms with Crippen molar-refractivity contribution in [3.8, 4) is 0 Å². The van der Waals surface area contributed by atoms with Crippen molar-refractivity contribution in [3.63, 3.8) is 0 Å². The molecule has 5 heteroatoms. The van der Waals surface area contributed by atoms with Crippen LogP contribution in [0.25, 0.3) is 0 Å². The first-order valence-electron chi connectivity index (χ1n) is 19.5. The Labute approximate surface area is 278 Å². The minimum Gasteiger partial charge on any atom is -0.481 e. The number of rotatable bonds is 10. The number of allylic oxidation sites excluding steroid dienone is 2. The lowest BCUT2D eigenvalue weighted by Gasteiger charge is -2.67. The topological polar surface area (TPSA) is 83.5 Å². The first-order chi connectivity index (χ1) is 21.8. The van der Waals surface area contributed by atoms with E-state index < -0.39 is 5.97 Å². The summed E-state index contributed by atoms with van der Waals surface area (Å²) in [6, 6.07) is 0. The number of Topliss-reactive ketones (excluding diaryl/α,β-unsaturated/α-hetero) is 2. The van der Waals surface area contributed by atoms with Crippen molar-refractivity contribution in [3.05, 3.63) is 11.1 Å². The van der Waals surface area contributed by atoms with E-state index in [2.05, 4.69) is 39.9 Å². The minimum absolute atomic E-state index is 0.0190. The van der Waals surface area contributed by atoms with Crippen molar-refractivity contribution in [2.24, 2.45) is 81.3 Å². The Morgan fingerprint density at radius 3 is 2.26 bits per heavy atom. The van der Waals surface area contributed by atoms with Gasteiger partial charge in [0.05, 0.1) is 5.92 Å².